The highest BCUT2D eigenvalue weighted by Gasteiger charge is 2.29. The molecule has 111 heavy (non-hydrogen) atoms. The summed E-state index contributed by atoms with van der Waals surface area (Å²) in [4.78, 5) is 58.9. The highest BCUT2D eigenvalue weighted by atomic mass is 31.2. The van der Waals surface area contributed by atoms with Crippen LogP contribution >= 0.6 is 15.6 Å². The third-order valence-electron chi connectivity index (χ3n) is 19.4. The molecular weight excluding hydrogens is 1430 g/mol. The highest BCUT2D eigenvalue weighted by Crippen LogP contribution is 2.45. The zero-order chi connectivity index (χ0) is 80.8. The lowest BCUT2D eigenvalue weighted by Crippen LogP contribution is -2.30. The molecule has 4 N–H and O–H groups in total. The Hall–Kier alpha value is -3.79. The van der Waals surface area contributed by atoms with E-state index in [2.05, 4.69) is 130 Å². The van der Waals surface area contributed by atoms with E-state index in [-0.39, 0.29) is 19.3 Å². The summed E-state index contributed by atoms with van der Waals surface area (Å²) >= 11 is 0. The number of allylic oxidation sites excluding steroid dienone is 18. The number of unbranched alkanes of at least 4 members (excludes halogenated alkanes) is 45. The summed E-state index contributed by atoms with van der Waals surface area (Å²) in [7, 11) is -9.79. The van der Waals surface area contributed by atoms with Crippen LogP contribution in [-0.4, -0.2) is 95.9 Å². The number of ether oxygens (including phenoxy) is 3. The van der Waals surface area contributed by atoms with Crippen LogP contribution in [0.2, 0.25) is 0 Å². The molecule has 0 heterocycles. The lowest BCUT2D eigenvalue weighted by Gasteiger charge is -2.21. The van der Waals surface area contributed by atoms with Crippen molar-refractivity contribution >= 4 is 33.6 Å². The van der Waals surface area contributed by atoms with E-state index in [1.807, 2.05) is 0 Å². The topological polar surface area (TPSA) is 231 Å². The van der Waals surface area contributed by atoms with Crippen molar-refractivity contribution in [3.05, 3.63) is 109 Å². The Morgan fingerprint density at radius 1 is 0.252 bits per heavy atom. The predicted molar refractivity (Wildman–Crippen MR) is 464 cm³/mol. The third-order valence-corrected chi connectivity index (χ3v) is 21.3. The van der Waals surface area contributed by atoms with Crippen LogP contribution in [0.3, 0.4) is 0 Å². The van der Waals surface area contributed by atoms with E-state index in [9.17, 15) is 43.5 Å². The lowest BCUT2D eigenvalue weighted by molar-refractivity contribution is -0.161. The molecule has 0 fully saturated rings. The average Bonchev–Trinajstić information content (AvgIpc) is 0.902. The Morgan fingerprint density at radius 2 is 0.450 bits per heavy atom. The van der Waals surface area contributed by atoms with Gasteiger partial charge in [-0.25, -0.2) is 9.13 Å². The Kier molecular flexibility index (Phi) is 82.7. The Bertz CT molecular complexity index is 2450. The van der Waals surface area contributed by atoms with E-state index in [1.165, 1.54) is 218 Å². The van der Waals surface area contributed by atoms with Crippen LogP contribution < -0.4 is 0 Å². The van der Waals surface area contributed by atoms with Crippen molar-refractivity contribution in [2.75, 3.05) is 39.6 Å². The average molecular weight is 1600 g/mol. The first-order chi connectivity index (χ1) is 54.2. The summed E-state index contributed by atoms with van der Waals surface area (Å²) in [5.74, 6) is -1.57. The number of hydrogen-bond donors (Lipinski definition) is 4. The van der Waals surface area contributed by atoms with E-state index in [1.54, 1.807) is 0 Å². The van der Waals surface area contributed by atoms with Crippen LogP contribution in [-0.2, 0) is 55.8 Å². The predicted octanol–water partition coefficient (Wildman–Crippen LogP) is 27.4. The second kappa shape index (κ2) is 85.6. The minimum absolute atomic E-state index is 0.0952. The largest absolute Gasteiger partial charge is 0.472 e. The standard InChI is InChI=1S/C93H166O16P2/c1-4-7-10-13-16-19-22-25-28-30-32-34-36-38-40-41-42-43-44-45-47-49-50-52-54-56-59-61-64-67-70-73-76-79-91(96)103-82-88(94)83-105-110(99,100)106-84-89(95)85-107-111(101,102)108-87-90(109-93(98)81-78-75-72-69-66-63-58-27-24-21-18-15-12-9-6-3)86-104-92(97)80-77-74-71-68-65-62-60-57-55-53-51-48-46-39-37-35-33-31-29-26-23-20-17-14-11-8-5-2/h16-17,19-20,25-29,32-35,38-40,46,58,88-90,94-95H,4-15,18,21-24,30-31,36-37,41-45,47-57,59-87H2,1-3H3,(H,99,100)(H,101,102)/b19-16-,20-17-,28-25-,29-26-,34-32-,35-33-,40-38-,46-39-,58-27-. The number of hydrogen-bond acceptors (Lipinski definition) is 14. The van der Waals surface area contributed by atoms with Crippen molar-refractivity contribution in [2.45, 2.75) is 424 Å². The molecule has 5 unspecified atom stereocenters. The molecule has 0 aromatic rings. The fraction of sp³-hybridized carbons (Fsp3) is 0.774. The van der Waals surface area contributed by atoms with Gasteiger partial charge in [0.1, 0.15) is 25.4 Å². The van der Waals surface area contributed by atoms with Crippen LogP contribution in [0.5, 0.6) is 0 Å². The molecule has 0 amide bonds. The smallest absolute Gasteiger partial charge is 0.463 e. The number of esters is 3. The van der Waals surface area contributed by atoms with Gasteiger partial charge in [-0.3, -0.25) is 32.5 Å². The second-order valence-electron chi connectivity index (χ2n) is 30.4. The number of aliphatic hydroxyl groups is 2. The summed E-state index contributed by atoms with van der Waals surface area (Å²) in [6, 6.07) is 0. The lowest BCUT2D eigenvalue weighted by atomic mass is 10.0. The molecule has 16 nitrogen and oxygen atoms in total. The van der Waals surface area contributed by atoms with Crippen LogP contribution in [0.4, 0.5) is 0 Å². The maximum absolute atomic E-state index is 13.0. The van der Waals surface area contributed by atoms with Crippen LogP contribution in [0.15, 0.2) is 109 Å². The molecule has 0 aromatic carbocycles. The van der Waals surface area contributed by atoms with E-state index in [0.717, 1.165) is 128 Å². The van der Waals surface area contributed by atoms with Gasteiger partial charge in [0.15, 0.2) is 6.10 Å². The van der Waals surface area contributed by atoms with Crippen molar-refractivity contribution in [3.63, 3.8) is 0 Å². The Labute approximate surface area is 679 Å². The molecule has 0 spiro atoms. The van der Waals surface area contributed by atoms with E-state index in [0.29, 0.717) is 19.3 Å². The van der Waals surface area contributed by atoms with Gasteiger partial charge in [-0.2, -0.15) is 0 Å². The zero-order valence-electron chi connectivity index (χ0n) is 70.9. The van der Waals surface area contributed by atoms with Crippen molar-refractivity contribution < 1.29 is 75.8 Å². The Balaban J connectivity index is 4.45. The summed E-state index contributed by atoms with van der Waals surface area (Å²) in [5.41, 5.74) is 0. The van der Waals surface area contributed by atoms with Gasteiger partial charge in [-0.05, 0) is 135 Å². The highest BCUT2D eigenvalue weighted by molar-refractivity contribution is 7.47. The molecule has 0 saturated heterocycles. The number of phosphoric acid groups is 2. The van der Waals surface area contributed by atoms with Crippen molar-refractivity contribution in [1.29, 1.82) is 0 Å². The summed E-state index contributed by atoms with van der Waals surface area (Å²) in [6.45, 7) is 2.67. The number of aliphatic hydroxyl groups excluding tert-OH is 2. The minimum atomic E-state index is -4.94. The molecule has 0 aliphatic carbocycles. The monoisotopic (exact) mass is 1600 g/mol. The normalized spacial score (nSPS) is 14.3. The fourth-order valence-corrected chi connectivity index (χ4v) is 14.1. The first-order valence-corrected chi connectivity index (χ1v) is 48.2. The SMILES string of the molecule is CCCCC/C=C\C/C=C\C/C=C\C/C=C\CCCCCCCCCCCCCCCCCCCC(=O)OCC(O)COP(=O)(O)OCC(O)COP(=O)(O)OCC(COC(=O)CCCCCCCCCCCCC/C=C\C/C=C\C/C=C\C/C=C\CCCCC)OC(=O)CCCCCCC/C=C\CCCCCCCC. The number of phosphoric ester groups is 2. The molecule has 5 atom stereocenters. The third kappa shape index (κ3) is 86.9. The zero-order valence-corrected chi connectivity index (χ0v) is 72.7. The van der Waals surface area contributed by atoms with E-state index in [4.69, 9.17) is 32.3 Å². The first-order valence-electron chi connectivity index (χ1n) is 45.2. The van der Waals surface area contributed by atoms with Crippen molar-refractivity contribution in [2.24, 2.45) is 0 Å². The molecule has 0 saturated carbocycles. The van der Waals surface area contributed by atoms with Gasteiger partial charge >= 0.3 is 33.6 Å². The fourth-order valence-electron chi connectivity index (χ4n) is 12.5. The van der Waals surface area contributed by atoms with Gasteiger partial charge in [0.2, 0.25) is 0 Å². The molecular formula is C93H166O16P2. The van der Waals surface area contributed by atoms with Crippen LogP contribution in [0.1, 0.15) is 406 Å². The molecule has 0 radical (unpaired) electrons. The maximum Gasteiger partial charge on any atom is 0.472 e. The minimum Gasteiger partial charge on any atom is -0.463 e. The number of rotatable bonds is 86. The summed E-state index contributed by atoms with van der Waals surface area (Å²) in [6.07, 6.45) is 103. The molecule has 0 bridgehead atoms. The number of carbonyl (C=O) groups is 3. The van der Waals surface area contributed by atoms with E-state index < -0.39 is 91.5 Å². The van der Waals surface area contributed by atoms with Crippen LogP contribution in [0.25, 0.3) is 0 Å². The second-order valence-corrected chi connectivity index (χ2v) is 33.3. The van der Waals surface area contributed by atoms with Gasteiger partial charge in [0.25, 0.3) is 0 Å². The molecule has 0 aliphatic rings. The van der Waals surface area contributed by atoms with Crippen molar-refractivity contribution in [1.82, 2.24) is 0 Å². The Morgan fingerprint density at radius 3 is 0.739 bits per heavy atom. The van der Waals surface area contributed by atoms with Gasteiger partial charge in [-0.1, -0.05) is 361 Å². The van der Waals surface area contributed by atoms with E-state index >= 15 is 0 Å². The molecule has 0 aliphatic heterocycles. The maximum atomic E-state index is 13.0. The molecule has 0 rings (SSSR count). The molecule has 18 heteroatoms. The molecule has 0 aromatic heterocycles. The van der Waals surface area contributed by atoms with Gasteiger partial charge in [0.05, 0.1) is 26.4 Å². The van der Waals surface area contributed by atoms with Crippen molar-refractivity contribution in [3.8, 4) is 0 Å². The van der Waals surface area contributed by atoms with Crippen LogP contribution in [0, 0.1) is 0 Å². The first kappa shape index (κ1) is 107. The van der Waals surface area contributed by atoms with Gasteiger partial charge in [0, 0.05) is 19.3 Å². The summed E-state index contributed by atoms with van der Waals surface area (Å²) < 4.78 is 61.4. The number of carbonyl (C=O) groups excluding carboxylic acids is 3. The summed E-state index contributed by atoms with van der Waals surface area (Å²) in [5, 5.41) is 20.7. The van der Waals surface area contributed by atoms with Gasteiger partial charge in [-0.15, -0.1) is 0 Å². The van der Waals surface area contributed by atoms with Gasteiger partial charge < -0.3 is 34.2 Å². The quantitative estimate of drug-likeness (QED) is 0.0146. The molecule has 644 valence electrons.